The largest absolute Gasteiger partial charge is 0.396 e. The van der Waals surface area contributed by atoms with Gasteiger partial charge in [-0.15, -0.1) is 0 Å². The Bertz CT molecular complexity index is 778. The maximum Gasteiger partial charge on any atom is 0.261 e. The summed E-state index contributed by atoms with van der Waals surface area (Å²) in [4.78, 5) is 28.6. The summed E-state index contributed by atoms with van der Waals surface area (Å²) in [7, 11) is 0. The van der Waals surface area contributed by atoms with E-state index in [0.29, 0.717) is 17.4 Å². The average molecular weight is 301 g/mol. The van der Waals surface area contributed by atoms with E-state index in [2.05, 4.69) is 10.3 Å². The minimum atomic E-state index is -0.240. The van der Waals surface area contributed by atoms with Gasteiger partial charge in [0, 0.05) is 12.0 Å². The zero-order valence-electron chi connectivity index (χ0n) is 12.5. The molecule has 2 aromatic rings. The fourth-order valence-electron chi connectivity index (χ4n) is 2.51. The number of aliphatic hydroxyl groups excluding tert-OH is 1. The Hall–Kier alpha value is -2.21. The highest BCUT2D eigenvalue weighted by atomic mass is 16.3. The van der Waals surface area contributed by atoms with Gasteiger partial charge in [0.1, 0.15) is 6.54 Å². The summed E-state index contributed by atoms with van der Waals surface area (Å²) in [5.74, 6) is -0.240. The fourth-order valence-corrected chi connectivity index (χ4v) is 2.51. The molecule has 1 heterocycles. The molecule has 0 bridgehead atoms. The highest BCUT2D eigenvalue weighted by Crippen LogP contribution is 2.44. The molecule has 6 heteroatoms. The summed E-state index contributed by atoms with van der Waals surface area (Å²) >= 11 is 0. The molecule has 1 aromatic heterocycles. The maximum atomic E-state index is 12.4. The van der Waals surface area contributed by atoms with Crippen molar-refractivity contribution in [1.29, 1.82) is 0 Å². The van der Waals surface area contributed by atoms with Gasteiger partial charge in [0.2, 0.25) is 5.91 Å². The number of carbonyl (C=O) groups excluding carboxylic acids is 1. The summed E-state index contributed by atoms with van der Waals surface area (Å²) in [6, 6.07) is 5.43. The van der Waals surface area contributed by atoms with E-state index in [1.54, 1.807) is 6.07 Å². The lowest BCUT2D eigenvalue weighted by atomic mass is 10.1. The third-order valence-corrected chi connectivity index (χ3v) is 4.32. The second-order valence-corrected chi connectivity index (χ2v) is 6.08. The van der Waals surface area contributed by atoms with Gasteiger partial charge in [0.15, 0.2) is 0 Å². The number of aryl methyl sites for hydroxylation is 1. The van der Waals surface area contributed by atoms with Gasteiger partial charge >= 0.3 is 0 Å². The van der Waals surface area contributed by atoms with Crippen molar-refractivity contribution < 1.29 is 9.90 Å². The van der Waals surface area contributed by atoms with Crippen molar-refractivity contribution in [2.24, 2.45) is 5.41 Å². The molecule has 1 saturated carbocycles. The second kappa shape index (κ2) is 5.53. The Morgan fingerprint density at radius 2 is 2.23 bits per heavy atom. The summed E-state index contributed by atoms with van der Waals surface area (Å²) < 4.78 is 1.32. The van der Waals surface area contributed by atoms with Crippen molar-refractivity contribution in [3.8, 4) is 0 Å². The van der Waals surface area contributed by atoms with Crippen LogP contribution in [0.3, 0.4) is 0 Å². The number of rotatable bonds is 5. The molecule has 0 atom stereocenters. The molecule has 116 valence electrons. The topological polar surface area (TPSA) is 84.2 Å². The van der Waals surface area contributed by atoms with Gasteiger partial charge in [0.25, 0.3) is 5.56 Å². The van der Waals surface area contributed by atoms with Crippen LogP contribution >= 0.6 is 0 Å². The number of aliphatic hydroxyl groups is 1. The minimum Gasteiger partial charge on any atom is -0.396 e. The lowest BCUT2D eigenvalue weighted by Crippen LogP contribution is -2.36. The van der Waals surface area contributed by atoms with Crippen molar-refractivity contribution in [3.05, 3.63) is 40.4 Å². The van der Waals surface area contributed by atoms with Crippen LogP contribution in [0.15, 0.2) is 29.3 Å². The number of para-hydroxylation sites is 1. The van der Waals surface area contributed by atoms with Crippen LogP contribution in [0.25, 0.3) is 10.9 Å². The summed E-state index contributed by atoms with van der Waals surface area (Å²) in [6.45, 7) is 2.38. The Kier molecular flexibility index (Phi) is 3.70. The molecular weight excluding hydrogens is 282 g/mol. The van der Waals surface area contributed by atoms with E-state index in [0.717, 1.165) is 18.4 Å². The van der Waals surface area contributed by atoms with Crippen LogP contribution < -0.4 is 10.9 Å². The van der Waals surface area contributed by atoms with Gasteiger partial charge in [-0.2, -0.15) is 0 Å². The molecule has 2 N–H and O–H groups in total. The van der Waals surface area contributed by atoms with Crippen LogP contribution in [0.2, 0.25) is 0 Å². The standard InChI is InChI=1S/C16H19N3O3/c1-11-3-2-4-12-14(11)18-10-19(15(12)22)7-13(21)17-8-16(9-20)5-6-16/h2-4,10,20H,5-9H2,1H3,(H,17,21). The van der Waals surface area contributed by atoms with Gasteiger partial charge in [0.05, 0.1) is 23.8 Å². The first kappa shape index (κ1) is 14.7. The third kappa shape index (κ3) is 2.74. The highest BCUT2D eigenvalue weighted by Gasteiger charge is 2.42. The van der Waals surface area contributed by atoms with Gasteiger partial charge < -0.3 is 10.4 Å². The molecule has 0 aliphatic heterocycles. The van der Waals surface area contributed by atoms with E-state index >= 15 is 0 Å². The van der Waals surface area contributed by atoms with Gasteiger partial charge in [-0.3, -0.25) is 14.2 Å². The quantitative estimate of drug-likeness (QED) is 0.847. The van der Waals surface area contributed by atoms with Crippen molar-refractivity contribution in [3.63, 3.8) is 0 Å². The Morgan fingerprint density at radius 3 is 2.91 bits per heavy atom. The number of hydrogen-bond donors (Lipinski definition) is 2. The van der Waals surface area contributed by atoms with Crippen LogP contribution in [-0.2, 0) is 11.3 Å². The monoisotopic (exact) mass is 301 g/mol. The van der Waals surface area contributed by atoms with Crippen molar-refractivity contribution in [1.82, 2.24) is 14.9 Å². The summed E-state index contributed by atoms with van der Waals surface area (Å²) in [5, 5.41) is 12.5. The molecule has 0 radical (unpaired) electrons. The van der Waals surface area contributed by atoms with E-state index in [1.165, 1.54) is 10.9 Å². The van der Waals surface area contributed by atoms with Crippen molar-refractivity contribution in [2.75, 3.05) is 13.2 Å². The molecular formula is C16H19N3O3. The van der Waals surface area contributed by atoms with Crippen LogP contribution in [0.5, 0.6) is 0 Å². The number of aromatic nitrogens is 2. The van der Waals surface area contributed by atoms with E-state index in [1.807, 2.05) is 19.1 Å². The molecule has 22 heavy (non-hydrogen) atoms. The molecule has 1 aromatic carbocycles. The predicted molar refractivity (Wildman–Crippen MR) is 82.5 cm³/mol. The van der Waals surface area contributed by atoms with E-state index in [-0.39, 0.29) is 30.0 Å². The Labute approximate surface area is 127 Å². The molecule has 1 amide bonds. The average Bonchev–Trinajstić information content (AvgIpc) is 3.29. The number of hydrogen-bond acceptors (Lipinski definition) is 4. The first-order chi connectivity index (χ1) is 10.5. The third-order valence-electron chi connectivity index (χ3n) is 4.32. The molecule has 0 unspecified atom stereocenters. The normalized spacial score (nSPS) is 15.7. The number of nitrogens with one attached hydrogen (secondary N) is 1. The zero-order chi connectivity index (χ0) is 15.7. The first-order valence-corrected chi connectivity index (χ1v) is 7.37. The van der Waals surface area contributed by atoms with Gasteiger partial charge in [-0.1, -0.05) is 12.1 Å². The fraction of sp³-hybridized carbons (Fsp3) is 0.438. The first-order valence-electron chi connectivity index (χ1n) is 7.37. The van der Waals surface area contributed by atoms with E-state index in [9.17, 15) is 14.7 Å². The lowest BCUT2D eigenvalue weighted by molar-refractivity contribution is -0.122. The predicted octanol–water partition coefficient (Wildman–Crippen LogP) is 0.594. The minimum absolute atomic E-state index is 0.0583. The van der Waals surface area contributed by atoms with E-state index < -0.39 is 0 Å². The molecule has 0 saturated heterocycles. The van der Waals surface area contributed by atoms with Crippen LogP contribution in [0, 0.1) is 12.3 Å². The maximum absolute atomic E-state index is 12.4. The molecule has 1 aliphatic carbocycles. The summed E-state index contributed by atoms with van der Waals surface area (Å²) in [5.41, 5.74) is 1.25. The number of benzene rings is 1. The van der Waals surface area contributed by atoms with Crippen LogP contribution in [0.4, 0.5) is 0 Å². The Morgan fingerprint density at radius 1 is 1.45 bits per heavy atom. The van der Waals surface area contributed by atoms with E-state index in [4.69, 9.17) is 0 Å². The molecule has 1 aliphatic rings. The molecule has 3 rings (SSSR count). The molecule has 6 nitrogen and oxygen atoms in total. The molecule has 1 fully saturated rings. The number of nitrogens with zero attached hydrogens (tertiary/aromatic N) is 2. The van der Waals surface area contributed by atoms with Gasteiger partial charge in [-0.25, -0.2) is 4.98 Å². The molecule has 0 spiro atoms. The van der Waals surface area contributed by atoms with Crippen molar-refractivity contribution >= 4 is 16.8 Å². The number of amides is 1. The summed E-state index contributed by atoms with van der Waals surface area (Å²) in [6.07, 6.45) is 3.28. The van der Waals surface area contributed by atoms with Gasteiger partial charge in [-0.05, 0) is 31.4 Å². The number of carbonyl (C=O) groups is 1. The second-order valence-electron chi connectivity index (χ2n) is 6.08. The number of fused-ring (bicyclic) bond motifs is 1. The zero-order valence-corrected chi connectivity index (χ0v) is 12.5. The highest BCUT2D eigenvalue weighted by molar-refractivity contribution is 5.81. The van der Waals surface area contributed by atoms with Crippen LogP contribution in [0.1, 0.15) is 18.4 Å². The SMILES string of the molecule is Cc1cccc2c(=O)n(CC(=O)NCC3(CO)CC3)cnc12. The lowest BCUT2D eigenvalue weighted by Gasteiger charge is -2.13. The van der Waals surface area contributed by atoms with Crippen molar-refractivity contribution in [2.45, 2.75) is 26.3 Å². The Balaban J connectivity index is 1.75. The van der Waals surface area contributed by atoms with Crippen LogP contribution in [-0.4, -0.2) is 33.7 Å². The smallest absolute Gasteiger partial charge is 0.261 e.